The fourth-order valence-corrected chi connectivity index (χ4v) is 1.30. The van der Waals surface area contributed by atoms with Crippen LogP contribution in [0.5, 0.6) is 0 Å². The minimum absolute atomic E-state index is 0.153. The maximum absolute atomic E-state index is 11.0. The molecule has 1 fully saturated rings. The molecule has 0 spiro atoms. The van der Waals surface area contributed by atoms with E-state index in [0.717, 1.165) is 25.7 Å². The first-order chi connectivity index (χ1) is 4.84. The van der Waals surface area contributed by atoms with Crippen LogP contribution in [0.1, 0.15) is 32.1 Å². The molecular formula is C8H11NO. The molecule has 1 aliphatic carbocycles. The van der Waals surface area contributed by atoms with Crippen molar-refractivity contribution in [2.75, 3.05) is 0 Å². The van der Waals surface area contributed by atoms with Gasteiger partial charge in [-0.15, -0.1) is 0 Å². The quantitative estimate of drug-likeness (QED) is 0.476. The van der Waals surface area contributed by atoms with Gasteiger partial charge in [0.1, 0.15) is 11.7 Å². The summed E-state index contributed by atoms with van der Waals surface area (Å²) < 4.78 is 0. The second-order valence-corrected chi connectivity index (χ2v) is 2.75. The van der Waals surface area contributed by atoms with E-state index in [4.69, 9.17) is 5.26 Å². The average Bonchev–Trinajstić information content (AvgIpc) is 2.13. The maximum atomic E-state index is 11.0. The third-order valence-corrected chi connectivity index (χ3v) is 1.96. The Morgan fingerprint density at radius 3 is 2.90 bits per heavy atom. The number of hydrogen-bond donors (Lipinski definition) is 0. The summed E-state index contributed by atoms with van der Waals surface area (Å²) in [6.45, 7) is 0. The first-order valence-corrected chi connectivity index (χ1v) is 3.77. The average molecular weight is 137 g/mol. The summed E-state index contributed by atoms with van der Waals surface area (Å²) in [4.78, 5) is 11.0. The molecule has 0 amide bonds. The SMILES string of the molecule is N#C[C@@H]1CCCCCC1=O. The molecule has 0 aromatic rings. The number of carbonyl (C=O) groups is 1. The number of hydrogen-bond acceptors (Lipinski definition) is 2. The normalized spacial score (nSPS) is 27.1. The van der Waals surface area contributed by atoms with Crippen molar-refractivity contribution in [3.8, 4) is 6.07 Å². The van der Waals surface area contributed by atoms with Crippen LogP contribution in [0, 0.1) is 17.2 Å². The van der Waals surface area contributed by atoms with Crippen LogP contribution >= 0.6 is 0 Å². The molecule has 0 saturated heterocycles. The predicted octanol–water partition coefficient (Wildman–Crippen LogP) is 1.66. The van der Waals surface area contributed by atoms with E-state index in [1.807, 2.05) is 6.07 Å². The third-order valence-electron chi connectivity index (χ3n) is 1.96. The highest BCUT2D eigenvalue weighted by molar-refractivity contribution is 5.83. The summed E-state index contributed by atoms with van der Waals surface area (Å²) in [5.74, 6) is -0.137. The lowest BCUT2D eigenvalue weighted by Crippen LogP contribution is -2.09. The van der Waals surface area contributed by atoms with Crippen LogP contribution < -0.4 is 0 Å². The monoisotopic (exact) mass is 137 g/mol. The maximum Gasteiger partial charge on any atom is 0.149 e. The number of carbonyl (C=O) groups excluding carboxylic acids is 1. The van der Waals surface area contributed by atoms with Gasteiger partial charge in [0.2, 0.25) is 0 Å². The van der Waals surface area contributed by atoms with Crippen molar-refractivity contribution >= 4 is 5.78 Å². The van der Waals surface area contributed by atoms with E-state index in [0.29, 0.717) is 6.42 Å². The molecule has 0 aromatic heterocycles. The van der Waals surface area contributed by atoms with Crippen LogP contribution in [0.25, 0.3) is 0 Å². The van der Waals surface area contributed by atoms with Gasteiger partial charge in [-0.1, -0.05) is 12.8 Å². The highest BCUT2D eigenvalue weighted by atomic mass is 16.1. The Morgan fingerprint density at radius 1 is 1.40 bits per heavy atom. The Labute approximate surface area is 60.8 Å². The second kappa shape index (κ2) is 3.36. The Bertz CT molecular complexity index is 169. The van der Waals surface area contributed by atoms with E-state index < -0.39 is 0 Å². The molecule has 0 radical (unpaired) electrons. The molecule has 0 aromatic carbocycles. The zero-order chi connectivity index (χ0) is 7.40. The minimum atomic E-state index is -0.289. The largest absolute Gasteiger partial charge is 0.298 e. The highest BCUT2D eigenvalue weighted by Gasteiger charge is 2.19. The third kappa shape index (κ3) is 1.57. The van der Waals surface area contributed by atoms with Gasteiger partial charge in [-0.05, 0) is 12.8 Å². The molecular weight excluding hydrogens is 126 g/mol. The molecule has 10 heavy (non-hydrogen) atoms. The Morgan fingerprint density at radius 2 is 2.20 bits per heavy atom. The molecule has 1 aliphatic rings. The molecule has 0 unspecified atom stereocenters. The van der Waals surface area contributed by atoms with Crippen LogP contribution in [0.4, 0.5) is 0 Å². The van der Waals surface area contributed by atoms with Crippen LogP contribution in [-0.2, 0) is 4.79 Å². The summed E-state index contributed by atoms with van der Waals surface area (Å²) in [5, 5.41) is 8.52. The lowest BCUT2D eigenvalue weighted by Gasteiger charge is -1.99. The molecule has 2 nitrogen and oxygen atoms in total. The topological polar surface area (TPSA) is 40.9 Å². The standard InChI is InChI=1S/C8H11NO/c9-6-7-4-2-1-3-5-8(7)10/h7H,1-5H2/t7-/m0/s1. The summed E-state index contributed by atoms with van der Waals surface area (Å²) in [7, 11) is 0. The summed E-state index contributed by atoms with van der Waals surface area (Å²) in [6.07, 6.45) is 4.55. The van der Waals surface area contributed by atoms with E-state index in [1.165, 1.54) is 0 Å². The molecule has 1 rings (SSSR count). The van der Waals surface area contributed by atoms with Crippen LogP contribution in [-0.4, -0.2) is 5.78 Å². The van der Waals surface area contributed by atoms with Gasteiger partial charge >= 0.3 is 0 Å². The number of nitrogens with zero attached hydrogens (tertiary/aromatic N) is 1. The van der Waals surface area contributed by atoms with Crippen LogP contribution in [0.3, 0.4) is 0 Å². The Kier molecular flexibility index (Phi) is 2.44. The Balaban J connectivity index is 2.54. The first-order valence-electron chi connectivity index (χ1n) is 3.77. The second-order valence-electron chi connectivity index (χ2n) is 2.75. The van der Waals surface area contributed by atoms with Gasteiger partial charge in [0.25, 0.3) is 0 Å². The van der Waals surface area contributed by atoms with Crippen molar-refractivity contribution in [1.82, 2.24) is 0 Å². The van der Waals surface area contributed by atoms with Gasteiger partial charge in [0.15, 0.2) is 0 Å². The van der Waals surface area contributed by atoms with Gasteiger partial charge in [-0.25, -0.2) is 0 Å². The number of ketones is 1. The fraction of sp³-hybridized carbons (Fsp3) is 0.750. The first kappa shape index (κ1) is 7.27. The number of rotatable bonds is 0. The van der Waals surface area contributed by atoms with E-state index in [9.17, 15) is 4.79 Å². The molecule has 2 heteroatoms. The lowest BCUT2D eigenvalue weighted by atomic mass is 10.0. The van der Waals surface area contributed by atoms with Gasteiger partial charge in [0, 0.05) is 6.42 Å². The van der Waals surface area contributed by atoms with Crippen molar-refractivity contribution in [1.29, 1.82) is 5.26 Å². The van der Waals surface area contributed by atoms with Gasteiger partial charge in [-0.3, -0.25) is 4.79 Å². The molecule has 1 atom stereocenters. The zero-order valence-electron chi connectivity index (χ0n) is 5.97. The van der Waals surface area contributed by atoms with E-state index >= 15 is 0 Å². The molecule has 0 bridgehead atoms. The highest BCUT2D eigenvalue weighted by Crippen LogP contribution is 2.18. The van der Waals surface area contributed by atoms with E-state index in [1.54, 1.807) is 0 Å². The van der Waals surface area contributed by atoms with Crippen molar-refractivity contribution in [3.63, 3.8) is 0 Å². The predicted molar refractivity (Wildman–Crippen MR) is 37.2 cm³/mol. The number of nitriles is 1. The van der Waals surface area contributed by atoms with Gasteiger partial charge < -0.3 is 0 Å². The molecule has 1 saturated carbocycles. The van der Waals surface area contributed by atoms with Gasteiger partial charge in [0.05, 0.1) is 6.07 Å². The van der Waals surface area contributed by atoms with Crippen molar-refractivity contribution in [2.24, 2.45) is 5.92 Å². The van der Waals surface area contributed by atoms with E-state index in [2.05, 4.69) is 0 Å². The van der Waals surface area contributed by atoms with Crippen LogP contribution in [0.2, 0.25) is 0 Å². The summed E-state index contributed by atoms with van der Waals surface area (Å²) >= 11 is 0. The minimum Gasteiger partial charge on any atom is -0.298 e. The van der Waals surface area contributed by atoms with Crippen molar-refractivity contribution in [2.45, 2.75) is 32.1 Å². The number of Topliss-reactive ketones (excluding diaryl/α,β-unsaturated/α-hetero) is 1. The lowest BCUT2D eigenvalue weighted by molar-refractivity contribution is -0.121. The van der Waals surface area contributed by atoms with E-state index in [-0.39, 0.29) is 11.7 Å². The Hall–Kier alpha value is -0.840. The summed E-state index contributed by atoms with van der Waals surface area (Å²) in [6, 6.07) is 2.04. The zero-order valence-corrected chi connectivity index (χ0v) is 5.97. The molecule has 0 N–H and O–H groups in total. The smallest absolute Gasteiger partial charge is 0.149 e. The molecule has 0 aliphatic heterocycles. The van der Waals surface area contributed by atoms with Crippen molar-refractivity contribution in [3.05, 3.63) is 0 Å². The summed E-state index contributed by atoms with van der Waals surface area (Å²) in [5.41, 5.74) is 0. The molecule has 54 valence electrons. The van der Waals surface area contributed by atoms with Gasteiger partial charge in [-0.2, -0.15) is 5.26 Å². The van der Waals surface area contributed by atoms with Crippen LogP contribution in [0.15, 0.2) is 0 Å². The fourth-order valence-electron chi connectivity index (χ4n) is 1.30. The van der Waals surface area contributed by atoms with Crippen molar-refractivity contribution < 1.29 is 4.79 Å². The molecule has 0 heterocycles.